The topological polar surface area (TPSA) is 52.7 Å². The number of carbonyl (C=O) groups is 2. The third kappa shape index (κ3) is 4.81. The normalized spacial score (nSPS) is 22.8. The maximum atomic E-state index is 13.2. The minimum atomic E-state index is -0.390. The summed E-state index contributed by atoms with van der Waals surface area (Å²) in [7, 11) is 1.77. The van der Waals surface area contributed by atoms with Crippen molar-refractivity contribution < 1.29 is 14.0 Å². The molecule has 142 valence electrons. The van der Waals surface area contributed by atoms with Gasteiger partial charge in [-0.3, -0.25) is 14.5 Å². The molecule has 5 nitrogen and oxygen atoms in total. The first-order chi connectivity index (χ1) is 12.5. The summed E-state index contributed by atoms with van der Waals surface area (Å²) in [6.07, 6.45) is 7.15. The van der Waals surface area contributed by atoms with Crippen LogP contribution in [0.5, 0.6) is 0 Å². The van der Waals surface area contributed by atoms with Crippen LogP contribution in [0.2, 0.25) is 0 Å². The van der Waals surface area contributed by atoms with Crippen LogP contribution in [0.25, 0.3) is 0 Å². The minimum absolute atomic E-state index is 0.101. The van der Waals surface area contributed by atoms with Crippen LogP contribution in [0.1, 0.15) is 38.5 Å². The van der Waals surface area contributed by atoms with Gasteiger partial charge in [-0.2, -0.15) is 0 Å². The molecule has 1 saturated heterocycles. The number of hydrogen-bond acceptors (Lipinski definition) is 3. The zero-order chi connectivity index (χ0) is 18.5. The zero-order valence-corrected chi connectivity index (χ0v) is 15.4. The molecule has 2 amide bonds. The fraction of sp³-hybridized carbons (Fsp3) is 0.600. The molecular formula is C20H28FN3O2. The number of amides is 2. The van der Waals surface area contributed by atoms with Crippen molar-refractivity contribution >= 4 is 17.5 Å². The number of piperidine rings is 1. The number of hydrogen-bond donors (Lipinski definition) is 1. The van der Waals surface area contributed by atoms with E-state index >= 15 is 0 Å². The van der Waals surface area contributed by atoms with Crippen LogP contribution in [0.3, 0.4) is 0 Å². The molecule has 6 heteroatoms. The van der Waals surface area contributed by atoms with Crippen LogP contribution in [0, 0.1) is 11.7 Å². The molecule has 1 aliphatic heterocycles. The lowest BCUT2D eigenvalue weighted by atomic mass is 9.78. The van der Waals surface area contributed by atoms with Crippen molar-refractivity contribution in [3.8, 4) is 0 Å². The molecule has 3 rings (SSSR count). The van der Waals surface area contributed by atoms with Crippen molar-refractivity contribution in [2.45, 2.75) is 44.6 Å². The number of nitrogens with one attached hydrogen (secondary N) is 1. The van der Waals surface area contributed by atoms with Gasteiger partial charge in [0.1, 0.15) is 5.82 Å². The van der Waals surface area contributed by atoms with Crippen molar-refractivity contribution in [1.82, 2.24) is 9.80 Å². The number of rotatable bonds is 5. The Morgan fingerprint density at radius 1 is 1.19 bits per heavy atom. The third-order valence-corrected chi connectivity index (χ3v) is 5.49. The lowest BCUT2D eigenvalue weighted by Gasteiger charge is -2.44. The Balaban J connectivity index is 1.49. The second-order valence-corrected chi connectivity index (χ2v) is 7.57. The summed E-state index contributed by atoms with van der Waals surface area (Å²) in [5, 5.41) is 2.67. The number of likely N-dealkylation sites (N-methyl/N-ethyl adjacent to an activating group) is 1. The van der Waals surface area contributed by atoms with Crippen molar-refractivity contribution in [2.24, 2.45) is 5.92 Å². The van der Waals surface area contributed by atoms with Gasteiger partial charge < -0.3 is 10.2 Å². The van der Waals surface area contributed by atoms with Gasteiger partial charge in [-0.15, -0.1) is 0 Å². The predicted molar refractivity (Wildman–Crippen MR) is 99.2 cm³/mol. The Morgan fingerprint density at radius 3 is 2.77 bits per heavy atom. The molecule has 2 atom stereocenters. The third-order valence-electron chi connectivity index (χ3n) is 5.49. The molecular weight excluding hydrogens is 333 g/mol. The van der Waals surface area contributed by atoms with Crippen LogP contribution in [-0.2, 0) is 9.59 Å². The summed E-state index contributed by atoms with van der Waals surface area (Å²) < 4.78 is 13.2. The second-order valence-electron chi connectivity index (χ2n) is 7.57. The van der Waals surface area contributed by atoms with Crippen LogP contribution in [0.15, 0.2) is 24.3 Å². The van der Waals surface area contributed by atoms with Crippen LogP contribution < -0.4 is 5.32 Å². The summed E-state index contributed by atoms with van der Waals surface area (Å²) in [5.74, 6) is 0.129. The number of anilines is 1. The Morgan fingerprint density at radius 2 is 1.96 bits per heavy atom. The van der Waals surface area contributed by atoms with E-state index in [9.17, 15) is 14.0 Å². The molecule has 26 heavy (non-hydrogen) atoms. The maximum absolute atomic E-state index is 13.2. The highest BCUT2D eigenvalue weighted by Crippen LogP contribution is 2.35. The second kappa shape index (κ2) is 8.62. The van der Waals surface area contributed by atoms with Gasteiger partial charge in [0.2, 0.25) is 11.8 Å². The average molecular weight is 361 g/mol. The lowest BCUT2D eigenvalue weighted by molar-refractivity contribution is -0.138. The monoisotopic (exact) mass is 361 g/mol. The van der Waals surface area contributed by atoms with Gasteiger partial charge in [-0.25, -0.2) is 4.39 Å². The van der Waals surface area contributed by atoms with E-state index in [2.05, 4.69) is 5.32 Å². The summed E-state index contributed by atoms with van der Waals surface area (Å²) in [6.45, 7) is 1.17. The molecule has 1 aromatic rings. The quantitative estimate of drug-likeness (QED) is 0.877. The maximum Gasteiger partial charge on any atom is 0.238 e. The number of benzene rings is 1. The van der Waals surface area contributed by atoms with Crippen LogP contribution in [0.4, 0.5) is 10.1 Å². The van der Waals surface area contributed by atoms with Gasteiger partial charge in [-0.1, -0.05) is 18.9 Å². The minimum Gasteiger partial charge on any atom is -0.338 e. The molecule has 1 heterocycles. The molecule has 0 bridgehead atoms. The Bertz CT molecular complexity index is 650. The van der Waals surface area contributed by atoms with Crippen molar-refractivity contribution in [3.63, 3.8) is 0 Å². The summed E-state index contributed by atoms with van der Waals surface area (Å²) >= 11 is 0. The van der Waals surface area contributed by atoms with Gasteiger partial charge >= 0.3 is 0 Å². The fourth-order valence-electron chi connectivity index (χ4n) is 4.32. The Kier molecular flexibility index (Phi) is 6.25. The van der Waals surface area contributed by atoms with E-state index in [0.717, 1.165) is 19.4 Å². The highest BCUT2D eigenvalue weighted by molar-refractivity contribution is 5.92. The van der Waals surface area contributed by atoms with Gasteiger partial charge in [-0.05, 0) is 56.8 Å². The Hall–Kier alpha value is -1.95. The van der Waals surface area contributed by atoms with E-state index in [1.54, 1.807) is 24.1 Å². The zero-order valence-electron chi connectivity index (χ0n) is 15.4. The van der Waals surface area contributed by atoms with E-state index in [1.807, 2.05) is 4.90 Å². The first-order valence-corrected chi connectivity index (χ1v) is 9.56. The SMILES string of the molecule is CN(CC(=O)Nc1cccc(F)c1)CC(=O)N1CCC[C@@H]2CCCC[C@@H]21. The molecule has 0 unspecified atom stereocenters. The van der Waals surface area contributed by atoms with Gasteiger partial charge in [0.25, 0.3) is 0 Å². The highest BCUT2D eigenvalue weighted by atomic mass is 19.1. The van der Waals surface area contributed by atoms with Gasteiger partial charge in [0, 0.05) is 18.3 Å². The van der Waals surface area contributed by atoms with Crippen molar-refractivity contribution in [2.75, 3.05) is 32.0 Å². The summed E-state index contributed by atoms with van der Waals surface area (Å²) in [6, 6.07) is 6.19. The van der Waals surface area contributed by atoms with Crippen molar-refractivity contribution in [1.29, 1.82) is 0 Å². The van der Waals surface area contributed by atoms with Crippen LogP contribution >= 0.6 is 0 Å². The molecule has 1 aromatic carbocycles. The van der Waals surface area contributed by atoms with Gasteiger partial charge in [0.15, 0.2) is 0 Å². The standard InChI is InChI=1S/C20H28FN3O2/c1-23(13-19(25)22-17-9-4-8-16(21)12-17)14-20(26)24-11-5-7-15-6-2-3-10-18(15)24/h4,8-9,12,15,18H,2-3,5-7,10-11,13-14H2,1H3,(H,22,25)/t15-,18-/m0/s1. The molecule has 2 fully saturated rings. The summed E-state index contributed by atoms with van der Waals surface area (Å²) in [5.41, 5.74) is 0.427. The lowest BCUT2D eigenvalue weighted by Crippen LogP contribution is -2.52. The molecule has 0 aromatic heterocycles. The highest BCUT2D eigenvalue weighted by Gasteiger charge is 2.35. The molecule has 1 aliphatic carbocycles. The van der Waals surface area contributed by atoms with E-state index < -0.39 is 5.82 Å². The number of carbonyl (C=O) groups excluding carboxylic acids is 2. The molecule has 2 aliphatic rings. The average Bonchev–Trinajstić information content (AvgIpc) is 2.60. The van der Waals surface area contributed by atoms with E-state index in [-0.39, 0.29) is 24.9 Å². The molecule has 0 spiro atoms. The molecule has 1 saturated carbocycles. The smallest absolute Gasteiger partial charge is 0.238 e. The largest absolute Gasteiger partial charge is 0.338 e. The summed E-state index contributed by atoms with van der Waals surface area (Å²) in [4.78, 5) is 28.6. The van der Waals surface area contributed by atoms with E-state index in [4.69, 9.17) is 0 Å². The first kappa shape index (κ1) is 18.8. The number of fused-ring (bicyclic) bond motifs is 1. The van der Waals surface area contributed by atoms with E-state index in [0.29, 0.717) is 17.6 Å². The number of likely N-dealkylation sites (tertiary alicyclic amines) is 1. The molecule has 0 radical (unpaired) electrons. The number of nitrogens with zero attached hydrogens (tertiary/aromatic N) is 2. The Labute approximate surface area is 154 Å². The fourth-order valence-corrected chi connectivity index (χ4v) is 4.32. The van der Waals surface area contributed by atoms with Gasteiger partial charge in [0.05, 0.1) is 13.1 Å². The van der Waals surface area contributed by atoms with Crippen molar-refractivity contribution in [3.05, 3.63) is 30.1 Å². The number of halogens is 1. The predicted octanol–water partition coefficient (Wildman–Crippen LogP) is 2.88. The first-order valence-electron chi connectivity index (χ1n) is 9.56. The van der Waals surface area contributed by atoms with E-state index in [1.165, 1.54) is 37.8 Å². The molecule has 1 N–H and O–H groups in total. The van der Waals surface area contributed by atoms with Crippen LogP contribution in [-0.4, -0.2) is 54.3 Å².